The van der Waals surface area contributed by atoms with Crippen LogP contribution in [0, 0.1) is 0 Å². The second kappa shape index (κ2) is 8.70. The first-order chi connectivity index (χ1) is 13.1. The Bertz CT molecular complexity index is 884. The molecule has 0 aliphatic carbocycles. The van der Waals surface area contributed by atoms with Gasteiger partial charge in [0.25, 0.3) is 7.22 Å². The van der Waals surface area contributed by atoms with Crippen LogP contribution in [0.4, 0.5) is 0 Å². The quantitative estimate of drug-likeness (QED) is 0.391. The lowest BCUT2D eigenvalue weighted by molar-refractivity contribution is -0.136. The van der Waals surface area contributed by atoms with Crippen molar-refractivity contribution in [1.29, 1.82) is 0 Å². The molecule has 0 bridgehead atoms. The van der Waals surface area contributed by atoms with E-state index in [0.717, 1.165) is 10.4 Å². The standard InChI is InChI=1S/C20H26N2O4SSi/c1-20(2,3)28(17-11-6-4-7-12-17,18-13-8-5-9-14-18)27(25,26)22-21-16-10-15-19(23)24/h4-9,11-14,16,22H,10,15H2,1-3H3,(H,23,24). The molecule has 150 valence electrons. The number of nitrogens with zero attached hydrogens (tertiary/aromatic N) is 1. The molecule has 2 aromatic rings. The highest BCUT2D eigenvalue weighted by Gasteiger charge is 2.59. The summed E-state index contributed by atoms with van der Waals surface area (Å²) in [5, 5.41) is 13.5. The Morgan fingerprint density at radius 3 is 1.89 bits per heavy atom. The molecule has 8 heteroatoms. The third-order valence-corrected chi connectivity index (χ3v) is 16.1. The van der Waals surface area contributed by atoms with Crippen LogP contribution in [0.25, 0.3) is 0 Å². The Hall–Kier alpha value is -2.45. The fourth-order valence-corrected chi connectivity index (χ4v) is 14.4. The molecule has 2 N–H and O–H groups in total. The number of hydrazone groups is 1. The lowest BCUT2D eigenvalue weighted by Crippen LogP contribution is -2.71. The molecule has 0 aliphatic heterocycles. The van der Waals surface area contributed by atoms with E-state index in [1.165, 1.54) is 6.21 Å². The van der Waals surface area contributed by atoms with Gasteiger partial charge in [-0.25, -0.2) is 13.2 Å². The van der Waals surface area contributed by atoms with Crippen molar-refractivity contribution >= 4 is 39.3 Å². The summed E-state index contributed by atoms with van der Waals surface area (Å²) < 4.78 is 27.4. The average Bonchev–Trinajstić information content (AvgIpc) is 2.62. The number of aliphatic carboxylic acids is 1. The van der Waals surface area contributed by atoms with E-state index >= 15 is 0 Å². The maximum absolute atomic E-state index is 13.7. The molecule has 0 fully saturated rings. The Kier molecular flexibility index (Phi) is 6.79. The first kappa shape index (κ1) is 21.8. The minimum atomic E-state index is -3.90. The number of rotatable bonds is 8. The lowest BCUT2D eigenvalue weighted by atomic mass is 10.2. The second-order valence-corrected chi connectivity index (χ2v) is 16.2. The molecule has 6 nitrogen and oxygen atoms in total. The molecule has 0 saturated carbocycles. The fraction of sp³-hybridized carbons (Fsp3) is 0.300. The van der Waals surface area contributed by atoms with Crippen molar-refractivity contribution < 1.29 is 18.3 Å². The van der Waals surface area contributed by atoms with Gasteiger partial charge in [-0.2, -0.15) is 5.10 Å². The van der Waals surface area contributed by atoms with Gasteiger partial charge in [-0.1, -0.05) is 81.4 Å². The minimum Gasteiger partial charge on any atom is -0.481 e. The van der Waals surface area contributed by atoms with Crippen molar-refractivity contribution in [3.05, 3.63) is 60.7 Å². The van der Waals surface area contributed by atoms with Gasteiger partial charge in [-0.3, -0.25) is 4.79 Å². The van der Waals surface area contributed by atoms with Crippen LogP contribution in [0.2, 0.25) is 5.04 Å². The van der Waals surface area contributed by atoms with Gasteiger partial charge in [0, 0.05) is 6.21 Å². The molecule has 2 aromatic carbocycles. The Morgan fingerprint density at radius 1 is 1.04 bits per heavy atom. The number of benzene rings is 2. The predicted octanol–water partition coefficient (Wildman–Crippen LogP) is 2.32. The van der Waals surface area contributed by atoms with E-state index in [1.807, 2.05) is 81.4 Å². The summed E-state index contributed by atoms with van der Waals surface area (Å²) in [4.78, 5) is 13.0. The topological polar surface area (TPSA) is 95.8 Å². The molecular formula is C20H26N2O4SSi. The SMILES string of the molecule is CC(C)(C)[Si](c1ccccc1)(c1ccccc1)S(=O)(=O)NN=CCCC(=O)O. The fourth-order valence-electron chi connectivity index (χ4n) is 3.52. The first-order valence-corrected chi connectivity index (χ1v) is 13.2. The molecule has 28 heavy (non-hydrogen) atoms. The number of carbonyl (C=O) groups is 1. The molecule has 0 aliphatic rings. The Morgan fingerprint density at radius 2 is 1.50 bits per heavy atom. The second-order valence-electron chi connectivity index (χ2n) is 7.50. The van der Waals surface area contributed by atoms with E-state index in [1.54, 1.807) is 0 Å². The van der Waals surface area contributed by atoms with E-state index in [-0.39, 0.29) is 12.8 Å². The Labute approximate surface area is 167 Å². The summed E-state index contributed by atoms with van der Waals surface area (Å²) in [6.45, 7) is 5.81. The first-order valence-electron chi connectivity index (χ1n) is 8.98. The summed E-state index contributed by atoms with van der Waals surface area (Å²) in [7, 11) is -7.33. The average molecular weight is 419 g/mol. The summed E-state index contributed by atoms with van der Waals surface area (Å²) in [5.74, 6) is -0.957. The van der Waals surface area contributed by atoms with E-state index in [9.17, 15) is 13.2 Å². The highest BCUT2D eigenvalue weighted by Crippen LogP contribution is 2.39. The number of carboxylic acids is 1. The normalized spacial score (nSPS) is 12.8. The monoisotopic (exact) mass is 418 g/mol. The van der Waals surface area contributed by atoms with Crippen molar-refractivity contribution in [3.63, 3.8) is 0 Å². The van der Waals surface area contributed by atoms with E-state index < -0.39 is 27.7 Å². The zero-order chi connectivity index (χ0) is 20.8. The maximum atomic E-state index is 13.7. The van der Waals surface area contributed by atoms with Crippen LogP contribution in [-0.4, -0.2) is 32.9 Å². The van der Waals surface area contributed by atoms with Crippen LogP contribution in [0.5, 0.6) is 0 Å². The molecule has 0 aromatic heterocycles. The van der Waals surface area contributed by atoms with Gasteiger partial charge in [0.2, 0.25) is 9.47 Å². The molecule has 0 radical (unpaired) electrons. The highest BCUT2D eigenvalue weighted by atomic mass is 32.4. The van der Waals surface area contributed by atoms with Crippen LogP contribution in [0.15, 0.2) is 65.8 Å². The van der Waals surface area contributed by atoms with Crippen molar-refractivity contribution in [2.75, 3.05) is 0 Å². The summed E-state index contributed by atoms with van der Waals surface area (Å²) in [6.07, 6.45) is 1.34. The minimum absolute atomic E-state index is 0.107. The van der Waals surface area contributed by atoms with E-state index in [4.69, 9.17) is 5.11 Å². The van der Waals surface area contributed by atoms with Crippen LogP contribution >= 0.6 is 0 Å². The lowest BCUT2D eigenvalue weighted by Gasteiger charge is -2.41. The van der Waals surface area contributed by atoms with Crippen LogP contribution < -0.4 is 15.2 Å². The molecule has 2 rings (SSSR count). The largest absolute Gasteiger partial charge is 0.481 e. The van der Waals surface area contributed by atoms with E-state index in [2.05, 4.69) is 9.93 Å². The van der Waals surface area contributed by atoms with Gasteiger partial charge in [0.05, 0.1) is 6.42 Å². The van der Waals surface area contributed by atoms with Gasteiger partial charge >= 0.3 is 5.97 Å². The van der Waals surface area contributed by atoms with Crippen molar-refractivity contribution in [3.8, 4) is 0 Å². The molecular weight excluding hydrogens is 392 g/mol. The summed E-state index contributed by atoms with van der Waals surface area (Å²) in [5.41, 5.74) is 0. The van der Waals surface area contributed by atoms with Gasteiger partial charge in [0.1, 0.15) is 0 Å². The van der Waals surface area contributed by atoms with E-state index in [0.29, 0.717) is 0 Å². The molecule has 0 heterocycles. The third kappa shape index (κ3) is 4.34. The van der Waals surface area contributed by atoms with Crippen LogP contribution in [-0.2, 0) is 14.3 Å². The summed E-state index contributed by atoms with van der Waals surface area (Å²) in [6, 6.07) is 18.5. The Balaban J connectivity index is 2.62. The predicted molar refractivity (Wildman–Crippen MR) is 115 cm³/mol. The van der Waals surface area contributed by atoms with Crippen molar-refractivity contribution in [2.45, 2.75) is 38.7 Å². The van der Waals surface area contributed by atoms with Gasteiger partial charge in [-0.05, 0) is 21.8 Å². The van der Waals surface area contributed by atoms with Gasteiger partial charge in [-0.15, -0.1) is 0 Å². The van der Waals surface area contributed by atoms with Gasteiger partial charge in [0.15, 0.2) is 0 Å². The highest BCUT2D eigenvalue weighted by molar-refractivity contribution is 8.24. The van der Waals surface area contributed by atoms with Crippen molar-refractivity contribution in [2.24, 2.45) is 5.10 Å². The number of carboxylic acid groups (broad SMARTS) is 1. The molecule has 0 unspecified atom stereocenters. The van der Waals surface area contributed by atoms with Crippen molar-refractivity contribution in [1.82, 2.24) is 4.83 Å². The molecule has 0 amide bonds. The number of nitrogens with one attached hydrogen (secondary N) is 1. The molecule has 0 atom stereocenters. The smallest absolute Gasteiger partial charge is 0.303 e. The number of hydrogen-bond acceptors (Lipinski definition) is 4. The zero-order valence-corrected chi connectivity index (χ0v) is 18.1. The molecule has 0 spiro atoms. The molecule has 0 saturated heterocycles. The van der Waals surface area contributed by atoms with Crippen LogP contribution in [0.3, 0.4) is 0 Å². The number of hydrogen-bond donors (Lipinski definition) is 2. The third-order valence-electron chi connectivity index (χ3n) is 4.57. The van der Waals surface area contributed by atoms with Crippen LogP contribution in [0.1, 0.15) is 33.6 Å². The maximum Gasteiger partial charge on any atom is 0.303 e. The summed E-state index contributed by atoms with van der Waals surface area (Å²) >= 11 is 0. The van der Waals surface area contributed by atoms with Gasteiger partial charge < -0.3 is 5.11 Å². The zero-order valence-electron chi connectivity index (χ0n) is 16.3.